The molecule has 6 nitrogen and oxygen atoms in total. The third-order valence-corrected chi connectivity index (χ3v) is 4.35. The van der Waals surface area contributed by atoms with Gasteiger partial charge in [-0.3, -0.25) is 14.4 Å². The van der Waals surface area contributed by atoms with Crippen LogP contribution >= 0.6 is 0 Å². The quantitative estimate of drug-likeness (QED) is 0.794. The topological polar surface area (TPSA) is 86.7 Å². The molecule has 0 bridgehead atoms. The summed E-state index contributed by atoms with van der Waals surface area (Å²) in [5.41, 5.74) is 0. The highest BCUT2D eigenvalue weighted by atomic mass is 16.4. The van der Waals surface area contributed by atoms with Crippen LogP contribution < -0.4 is 5.32 Å². The van der Waals surface area contributed by atoms with E-state index >= 15 is 0 Å². The molecule has 0 spiro atoms. The van der Waals surface area contributed by atoms with E-state index in [1.54, 1.807) is 0 Å². The number of carboxylic acids is 1. The van der Waals surface area contributed by atoms with Crippen molar-refractivity contribution in [3.8, 4) is 0 Å². The second kappa shape index (κ2) is 6.24. The van der Waals surface area contributed by atoms with Crippen LogP contribution in [-0.2, 0) is 14.4 Å². The number of hydrogen-bond acceptors (Lipinski definition) is 3. The van der Waals surface area contributed by atoms with Gasteiger partial charge in [-0.05, 0) is 31.6 Å². The lowest BCUT2D eigenvalue weighted by Gasteiger charge is -2.38. The van der Waals surface area contributed by atoms with Gasteiger partial charge in [0.1, 0.15) is 6.04 Å². The molecule has 1 unspecified atom stereocenters. The number of nitrogens with one attached hydrogen (secondary N) is 1. The van der Waals surface area contributed by atoms with Gasteiger partial charge in [-0.1, -0.05) is 6.92 Å². The molecule has 20 heavy (non-hydrogen) atoms. The number of piperazine rings is 1. The molecular weight excluding hydrogens is 260 g/mol. The molecule has 2 amide bonds. The Balaban J connectivity index is 2.05. The molecule has 2 aliphatic rings. The number of carboxylic acid groups (broad SMARTS) is 1. The third kappa shape index (κ3) is 3.29. The number of nitrogens with zero attached hydrogens (tertiary/aromatic N) is 1. The average Bonchev–Trinajstić information content (AvgIpc) is 2.41. The summed E-state index contributed by atoms with van der Waals surface area (Å²) in [4.78, 5) is 36.7. The van der Waals surface area contributed by atoms with Crippen molar-refractivity contribution in [2.24, 2.45) is 11.8 Å². The van der Waals surface area contributed by atoms with Gasteiger partial charge >= 0.3 is 5.97 Å². The van der Waals surface area contributed by atoms with Gasteiger partial charge in [0, 0.05) is 19.0 Å². The zero-order chi connectivity index (χ0) is 14.7. The molecule has 0 aromatic carbocycles. The summed E-state index contributed by atoms with van der Waals surface area (Å²) in [7, 11) is 0. The van der Waals surface area contributed by atoms with E-state index in [2.05, 4.69) is 12.2 Å². The van der Waals surface area contributed by atoms with Crippen molar-refractivity contribution in [2.75, 3.05) is 13.1 Å². The Morgan fingerprint density at radius 1 is 1.30 bits per heavy atom. The molecule has 2 fully saturated rings. The van der Waals surface area contributed by atoms with Crippen LogP contribution in [0.1, 0.15) is 39.0 Å². The molecule has 6 heteroatoms. The minimum Gasteiger partial charge on any atom is -0.481 e. The molecule has 0 aromatic heterocycles. The summed E-state index contributed by atoms with van der Waals surface area (Å²) in [6.45, 7) is 3.00. The van der Waals surface area contributed by atoms with Gasteiger partial charge in [0.05, 0.1) is 6.42 Å². The summed E-state index contributed by atoms with van der Waals surface area (Å²) < 4.78 is 0. The fourth-order valence-electron chi connectivity index (χ4n) is 3.09. The highest BCUT2D eigenvalue weighted by Gasteiger charge is 2.38. The number of aliphatic carboxylic acids is 1. The Labute approximate surface area is 118 Å². The second-order valence-corrected chi connectivity index (χ2v) is 5.89. The minimum absolute atomic E-state index is 0.0435. The van der Waals surface area contributed by atoms with Crippen molar-refractivity contribution in [1.82, 2.24) is 10.2 Å². The first-order chi connectivity index (χ1) is 9.49. The van der Waals surface area contributed by atoms with Gasteiger partial charge in [-0.15, -0.1) is 0 Å². The fourth-order valence-corrected chi connectivity index (χ4v) is 3.09. The second-order valence-electron chi connectivity index (χ2n) is 5.89. The summed E-state index contributed by atoms with van der Waals surface area (Å²) in [5.74, 6) is -0.844. The van der Waals surface area contributed by atoms with Crippen LogP contribution in [0, 0.1) is 11.8 Å². The van der Waals surface area contributed by atoms with Gasteiger partial charge in [0.25, 0.3) is 0 Å². The lowest BCUT2D eigenvalue weighted by atomic mass is 9.82. The molecule has 2 rings (SSSR count). The Kier molecular flexibility index (Phi) is 4.62. The van der Waals surface area contributed by atoms with Gasteiger partial charge in [0.15, 0.2) is 0 Å². The molecule has 1 saturated heterocycles. The van der Waals surface area contributed by atoms with Crippen molar-refractivity contribution in [3.05, 3.63) is 0 Å². The molecule has 1 aliphatic carbocycles. The maximum atomic E-state index is 12.6. The van der Waals surface area contributed by atoms with E-state index in [0.717, 1.165) is 25.7 Å². The summed E-state index contributed by atoms with van der Waals surface area (Å²) in [6.07, 6.45) is 3.43. The van der Waals surface area contributed by atoms with Crippen LogP contribution in [0.5, 0.6) is 0 Å². The first kappa shape index (κ1) is 14.8. The molecule has 1 aliphatic heterocycles. The Morgan fingerprint density at radius 2 is 1.95 bits per heavy atom. The lowest BCUT2D eigenvalue weighted by molar-refractivity contribution is -0.151. The van der Waals surface area contributed by atoms with Crippen molar-refractivity contribution in [1.29, 1.82) is 0 Å². The Hall–Kier alpha value is -1.59. The highest BCUT2D eigenvalue weighted by Crippen LogP contribution is 2.30. The lowest BCUT2D eigenvalue weighted by Crippen LogP contribution is -2.59. The number of carbonyl (C=O) groups is 3. The largest absolute Gasteiger partial charge is 0.481 e. The molecular formula is C14H22N2O4. The van der Waals surface area contributed by atoms with E-state index in [9.17, 15) is 14.4 Å². The zero-order valence-corrected chi connectivity index (χ0v) is 11.8. The van der Waals surface area contributed by atoms with Crippen molar-refractivity contribution >= 4 is 17.8 Å². The monoisotopic (exact) mass is 282 g/mol. The summed E-state index contributed by atoms with van der Waals surface area (Å²) >= 11 is 0. The molecule has 1 atom stereocenters. The normalized spacial score (nSPS) is 30.8. The van der Waals surface area contributed by atoms with Crippen LogP contribution in [0.4, 0.5) is 0 Å². The van der Waals surface area contributed by atoms with E-state index in [1.165, 1.54) is 4.90 Å². The molecule has 2 N–H and O–H groups in total. The van der Waals surface area contributed by atoms with E-state index in [0.29, 0.717) is 19.0 Å². The predicted octanol–water partition coefficient (Wildman–Crippen LogP) is 0.614. The number of amides is 2. The predicted molar refractivity (Wildman–Crippen MR) is 71.9 cm³/mol. The number of rotatable bonds is 3. The summed E-state index contributed by atoms with van der Waals surface area (Å²) in [5, 5.41) is 11.5. The molecule has 112 valence electrons. The Morgan fingerprint density at radius 3 is 2.55 bits per heavy atom. The van der Waals surface area contributed by atoms with Gasteiger partial charge in [0.2, 0.25) is 11.8 Å². The number of carbonyl (C=O) groups excluding carboxylic acids is 2. The van der Waals surface area contributed by atoms with E-state index < -0.39 is 12.0 Å². The fraction of sp³-hybridized carbons (Fsp3) is 0.786. The maximum absolute atomic E-state index is 12.6. The molecule has 1 saturated carbocycles. The maximum Gasteiger partial charge on any atom is 0.305 e. The van der Waals surface area contributed by atoms with Crippen LogP contribution in [0.2, 0.25) is 0 Å². The number of hydrogen-bond donors (Lipinski definition) is 2. The summed E-state index contributed by atoms with van der Waals surface area (Å²) in [6, 6.07) is -0.854. The molecule has 1 heterocycles. The molecule has 0 radical (unpaired) electrons. The Bertz CT molecular complexity index is 402. The smallest absolute Gasteiger partial charge is 0.305 e. The van der Waals surface area contributed by atoms with Crippen LogP contribution in [0.15, 0.2) is 0 Å². The van der Waals surface area contributed by atoms with E-state index in [-0.39, 0.29) is 24.2 Å². The minimum atomic E-state index is -1.05. The van der Waals surface area contributed by atoms with Gasteiger partial charge < -0.3 is 15.3 Å². The van der Waals surface area contributed by atoms with Crippen molar-refractivity contribution < 1.29 is 19.5 Å². The van der Waals surface area contributed by atoms with Crippen LogP contribution in [0.25, 0.3) is 0 Å². The van der Waals surface area contributed by atoms with Crippen LogP contribution in [0.3, 0.4) is 0 Å². The zero-order valence-electron chi connectivity index (χ0n) is 11.8. The van der Waals surface area contributed by atoms with E-state index in [1.807, 2.05) is 0 Å². The van der Waals surface area contributed by atoms with Gasteiger partial charge in [-0.2, -0.15) is 0 Å². The first-order valence-electron chi connectivity index (χ1n) is 7.29. The average molecular weight is 282 g/mol. The van der Waals surface area contributed by atoms with Gasteiger partial charge in [-0.25, -0.2) is 0 Å². The van der Waals surface area contributed by atoms with Crippen molar-refractivity contribution in [2.45, 2.75) is 45.1 Å². The first-order valence-corrected chi connectivity index (χ1v) is 7.29. The van der Waals surface area contributed by atoms with Crippen molar-refractivity contribution in [3.63, 3.8) is 0 Å². The van der Waals surface area contributed by atoms with E-state index in [4.69, 9.17) is 5.11 Å². The molecule has 0 aromatic rings. The highest BCUT2D eigenvalue weighted by molar-refractivity contribution is 5.92. The SMILES string of the molecule is CC1CCC(C(=O)N2CCNC(=O)C2CC(=O)O)CC1. The third-order valence-electron chi connectivity index (χ3n) is 4.35. The standard InChI is InChI=1S/C14H22N2O4/c1-9-2-4-10(5-3-9)14(20)16-7-6-15-13(19)11(16)8-12(17)18/h9-11H,2-8H2,1H3,(H,15,19)(H,17,18). The van der Waals surface area contributed by atoms with Crippen LogP contribution in [-0.4, -0.2) is 46.9 Å².